The maximum atomic E-state index is 14.7. The zero-order valence-corrected chi connectivity index (χ0v) is 24.9. The Kier molecular flexibility index (Phi) is 9.48. The van der Waals surface area contributed by atoms with Crippen molar-refractivity contribution < 1.29 is 22.4 Å². The summed E-state index contributed by atoms with van der Waals surface area (Å²) in [6, 6.07) is 16.8. The predicted molar refractivity (Wildman–Crippen MR) is 158 cm³/mol. The topological polar surface area (TPSA) is 86.8 Å². The maximum absolute atomic E-state index is 14.7. The van der Waals surface area contributed by atoms with Gasteiger partial charge in [-0.1, -0.05) is 54.8 Å². The fourth-order valence-electron chi connectivity index (χ4n) is 5.03. The third-order valence-electron chi connectivity index (χ3n) is 7.83. The first kappa shape index (κ1) is 30.2. The van der Waals surface area contributed by atoms with E-state index in [0.29, 0.717) is 5.69 Å². The first-order valence-corrected chi connectivity index (χ1v) is 15.4. The Morgan fingerprint density at radius 3 is 2.24 bits per heavy atom. The minimum absolute atomic E-state index is 0.0318. The summed E-state index contributed by atoms with van der Waals surface area (Å²) < 4.78 is 43.7. The van der Waals surface area contributed by atoms with Gasteiger partial charge in [-0.15, -0.1) is 0 Å². The third kappa shape index (κ3) is 7.14. The number of carbonyl (C=O) groups is 2. The van der Waals surface area contributed by atoms with Crippen molar-refractivity contribution in [3.05, 3.63) is 94.8 Å². The number of nitrogens with one attached hydrogen (secondary N) is 1. The first-order valence-electron chi connectivity index (χ1n) is 14.0. The van der Waals surface area contributed by atoms with Crippen molar-refractivity contribution in [2.75, 3.05) is 10.8 Å². The van der Waals surface area contributed by atoms with E-state index >= 15 is 0 Å². The van der Waals surface area contributed by atoms with Crippen LogP contribution in [0.3, 0.4) is 0 Å². The standard InChI is InChI=1S/C32H38FN3O4S/c1-22-13-17-29(18-14-22)41(39,40)36(28-16-15-23(2)24(3)19-28)21-31(37)35(20-26-9-5-8-12-30(26)33)25(4)32(38)34-27-10-6-7-11-27/h5,8-9,12-19,25,27H,6-7,10-11,20-21H2,1-4H3,(H,34,38)/t25-/m0/s1. The molecule has 0 aromatic heterocycles. The molecule has 41 heavy (non-hydrogen) atoms. The molecule has 0 saturated heterocycles. The molecule has 9 heteroatoms. The Hall–Kier alpha value is -3.72. The van der Waals surface area contributed by atoms with E-state index in [1.54, 1.807) is 49.4 Å². The van der Waals surface area contributed by atoms with Crippen LogP contribution in [0.15, 0.2) is 71.6 Å². The molecule has 0 radical (unpaired) electrons. The molecule has 4 rings (SSSR count). The SMILES string of the molecule is Cc1ccc(S(=O)(=O)N(CC(=O)N(Cc2ccccc2F)[C@@H](C)C(=O)NC2CCCC2)c2ccc(C)c(C)c2)cc1. The molecule has 1 saturated carbocycles. The second-order valence-electron chi connectivity index (χ2n) is 10.9. The van der Waals surface area contributed by atoms with Gasteiger partial charge in [-0.05, 0) is 82.0 Å². The molecule has 0 heterocycles. The second kappa shape index (κ2) is 12.9. The Bertz CT molecular complexity index is 1500. The van der Waals surface area contributed by atoms with Crippen molar-refractivity contribution in [1.82, 2.24) is 10.2 Å². The number of sulfonamides is 1. The van der Waals surface area contributed by atoms with Crippen LogP contribution in [-0.4, -0.2) is 43.8 Å². The summed E-state index contributed by atoms with van der Waals surface area (Å²) in [4.78, 5) is 28.6. The Morgan fingerprint density at radius 2 is 1.61 bits per heavy atom. The van der Waals surface area contributed by atoms with Crippen molar-refractivity contribution in [3.8, 4) is 0 Å². The van der Waals surface area contributed by atoms with Crippen molar-refractivity contribution in [2.24, 2.45) is 0 Å². The molecule has 7 nitrogen and oxygen atoms in total. The summed E-state index contributed by atoms with van der Waals surface area (Å²) in [6.45, 7) is 6.50. The van der Waals surface area contributed by atoms with Crippen LogP contribution in [0.5, 0.6) is 0 Å². The van der Waals surface area contributed by atoms with Crippen LogP contribution in [0, 0.1) is 26.6 Å². The predicted octanol–water partition coefficient (Wildman–Crippen LogP) is 5.42. The van der Waals surface area contributed by atoms with Gasteiger partial charge in [0.25, 0.3) is 10.0 Å². The van der Waals surface area contributed by atoms with Crippen LogP contribution in [0.25, 0.3) is 0 Å². The highest BCUT2D eigenvalue weighted by Gasteiger charge is 2.33. The molecule has 2 amide bonds. The largest absolute Gasteiger partial charge is 0.352 e. The van der Waals surface area contributed by atoms with E-state index in [2.05, 4.69) is 5.32 Å². The maximum Gasteiger partial charge on any atom is 0.264 e. The van der Waals surface area contributed by atoms with Crippen LogP contribution in [0.4, 0.5) is 10.1 Å². The summed E-state index contributed by atoms with van der Waals surface area (Å²) in [5, 5.41) is 3.02. The molecular formula is C32H38FN3O4S. The molecule has 3 aromatic carbocycles. The quantitative estimate of drug-likeness (QED) is 0.348. The molecule has 1 atom stereocenters. The second-order valence-corrected chi connectivity index (χ2v) is 12.7. The molecular weight excluding hydrogens is 541 g/mol. The summed E-state index contributed by atoms with van der Waals surface area (Å²) in [7, 11) is -4.16. The van der Waals surface area contributed by atoms with Gasteiger partial charge in [0.1, 0.15) is 18.4 Å². The fourth-order valence-corrected chi connectivity index (χ4v) is 6.44. The first-order chi connectivity index (χ1) is 19.5. The van der Waals surface area contributed by atoms with Gasteiger partial charge in [0.05, 0.1) is 10.6 Å². The molecule has 1 N–H and O–H groups in total. The number of carbonyl (C=O) groups excluding carboxylic acids is 2. The zero-order chi connectivity index (χ0) is 29.7. The lowest BCUT2D eigenvalue weighted by Crippen LogP contribution is -2.52. The van der Waals surface area contributed by atoms with Gasteiger partial charge in [0.15, 0.2) is 0 Å². The van der Waals surface area contributed by atoms with Crippen molar-refractivity contribution >= 4 is 27.5 Å². The van der Waals surface area contributed by atoms with Gasteiger partial charge in [0, 0.05) is 18.2 Å². The number of hydrogen-bond acceptors (Lipinski definition) is 4. The van der Waals surface area contributed by atoms with Crippen molar-refractivity contribution in [2.45, 2.75) is 76.9 Å². The molecule has 1 fully saturated rings. The van der Waals surface area contributed by atoms with E-state index in [1.165, 1.54) is 23.1 Å². The Labute approximate surface area is 242 Å². The highest BCUT2D eigenvalue weighted by Crippen LogP contribution is 2.27. The van der Waals surface area contributed by atoms with Crippen LogP contribution in [0.1, 0.15) is 54.9 Å². The minimum Gasteiger partial charge on any atom is -0.352 e. The van der Waals surface area contributed by atoms with Crippen LogP contribution < -0.4 is 9.62 Å². The monoisotopic (exact) mass is 579 g/mol. The number of rotatable bonds is 10. The number of anilines is 1. The highest BCUT2D eigenvalue weighted by molar-refractivity contribution is 7.92. The Balaban J connectivity index is 1.71. The number of hydrogen-bond donors (Lipinski definition) is 1. The fraction of sp³-hybridized carbons (Fsp3) is 0.375. The summed E-state index contributed by atoms with van der Waals surface area (Å²) in [5.41, 5.74) is 3.31. The number of aryl methyl sites for hydroxylation is 3. The lowest BCUT2D eigenvalue weighted by atomic mass is 10.1. The zero-order valence-electron chi connectivity index (χ0n) is 24.1. The van der Waals surface area contributed by atoms with E-state index in [9.17, 15) is 22.4 Å². The molecule has 1 aliphatic carbocycles. The molecule has 0 spiro atoms. The normalized spacial score (nSPS) is 14.5. The summed E-state index contributed by atoms with van der Waals surface area (Å²) in [6.07, 6.45) is 3.79. The van der Waals surface area contributed by atoms with Gasteiger partial charge in [0.2, 0.25) is 11.8 Å². The molecule has 0 unspecified atom stereocenters. The summed E-state index contributed by atoms with van der Waals surface area (Å²) in [5.74, 6) is -1.47. The van der Waals surface area contributed by atoms with E-state index in [-0.39, 0.29) is 29.0 Å². The Morgan fingerprint density at radius 1 is 0.951 bits per heavy atom. The lowest BCUT2D eigenvalue weighted by Gasteiger charge is -2.32. The van der Waals surface area contributed by atoms with Gasteiger partial charge in [-0.25, -0.2) is 12.8 Å². The highest BCUT2D eigenvalue weighted by atomic mass is 32.2. The summed E-state index contributed by atoms with van der Waals surface area (Å²) >= 11 is 0. The minimum atomic E-state index is -4.16. The van der Waals surface area contributed by atoms with Crippen LogP contribution in [0.2, 0.25) is 0 Å². The number of halogens is 1. The average molecular weight is 580 g/mol. The molecule has 1 aliphatic rings. The lowest BCUT2D eigenvalue weighted by molar-refractivity contribution is -0.139. The van der Waals surface area contributed by atoms with Crippen molar-refractivity contribution in [1.29, 1.82) is 0 Å². The van der Waals surface area contributed by atoms with Gasteiger partial charge < -0.3 is 10.2 Å². The van der Waals surface area contributed by atoms with Gasteiger partial charge >= 0.3 is 0 Å². The van der Waals surface area contributed by atoms with Crippen molar-refractivity contribution in [3.63, 3.8) is 0 Å². The molecule has 0 bridgehead atoms. The number of nitrogens with zero attached hydrogens (tertiary/aromatic N) is 2. The average Bonchev–Trinajstić information content (AvgIpc) is 3.45. The van der Waals surface area contributed by atoms with E-state index in [0.717, 1.165) is 46.7 Å². The number of benzene rings is 3. The van der Waals surface area contributed by atoms with E-state index in [1.807, 2.05) is 26.8 Å². The van der Waals surface area contributed by atoms with Crippen LogP contribution >= 0.6 is 0 Å². The van der Waals surface area contributed by atoms with Gasteiger partial charge in [-0.2, -0.15) is 0 Å². The molecule has 0 aliphatic heterocycles. The van der Waals surface area contributed by atoms with E-state index in [4.69, 9.17) is 0 Å². The van der Waals surface area contributed by atoms with Gasteiger partial charge in [-0.3, -0.25) is 13.9 Å². The smallest absolute Gasteiger partial charge is 0.264 e. The van der Waals surface area contributed by atoms with Crippen LogP contribution in [-0.2, 0) is 26.2 Å². The number of amides is 2. The third-order valence-corrected chi connectivity index (χ3v) is 9.62. The molecule has 3 aromatic rings. The van der Waals surface area contributed by atoms with E-state index < -0.39 is 34.3 Å². The molecule has 218 valence electrons.